The molecule has 1 aliphatic rings. The predicted octanol–water partition coefficient (Wildman–Crippen LogP) is 4.52. The van der Waals surface area contributed by atoms with Crippen molar-refractivity contribution in [2.75, 3.05) is 32.2 Å². The minimum absolute atomic E-state index is 0.0588. The van der Waals surface area contributed by atoms with Crippen LogP contribution in [0.5, 0.6) is 0 Å². The van der Waals surface area contributed by atoms with E-state index >= 15 is 0 Å². The topological polar surface area (TPSA) is 46.6 Å². The monoisotopic (exact) mass is 473 g/mol. The predicted molar refractivity (Wildman–Crippen MR) is 115 cm³/mol. The molecule has 32 heavy (non-hydrogen) atoms. The zero-order valence-electron chi connectivity index (χ0n) is 18.0. The molecule has 1 saturated heterocycles. The second-order valence-corrected chi connectivity index (χ2v) is 10.6. The number of piperidine rings is 1. The van der Waals surface area contributed by atoms with E-state index in [0.717, 1.165) is 30.3 Å². The number of methoxy groups -OCH3 is 1. The van der Waals surface area contributed by atoms with Crippen molar-refractivity contribution < 1.29 is 30.7 Å². The van der Waals surface area contributed by atoms with Crippen LogP contribution in [0.4, 0.5) is 17.6 Å². The summed E-state index contributed by atoms with van der Waals surface area (Å²) in [5, 5.41) is 0. The number of halogens is 4. The highest BCUT2D eigenvalue weighted by atomic mass is 32.2. The first-order valence-corrected chi connectivity index (χ1v) is 12.4. The molecule has 3 atom stereocenters. The highest BCUT2D eigenvalue weighted by molar-refractivity contribution is 7.90. The van der Waals surface area contributed by atoms with Crippen LogP contribution in [0.25, 0.3) is 0 Å². The molecule has 0 aromatic heterocycles. The van der Waals surface area contributed by atoms with Crippen LogP contribution in [-0.4, -0.2) is 57.8 Å². The fraction of sp³-hybridized carbons (Fsp3) is 0.478. The maximum atomic E-state index is 13.4. The maximum absolute atomic E-state index is 13.4. The number of hydrogen-bond acceptors (Lipinski definition) is 4. The number of likely N-dealkylation sites (tertiary alicyclic amines) is 1. The van der Waals surface area contributed by atoms with E-state index in [9.17, 15) is 26.0 Å². The van der Waals surface area contributed by atoms with Gasteiger partial charge in [-0.15, -0.1) is 0 Å². The summed E-state index contributed by atoms with van der Waals surface area (Å²) < 4.78 is 82.0. The first-order valence-electron chi connectivity index (χ1n) is 10.3. The van der Waals surface area contributed by atoms with Gasteiger partial charge >= 0.3 is 6.18 Å². The van der Waals surface area contributed by atoms with Gasteiger partial charge in [-0.2, -0.15) is 13.2 Å². The van der Waals surface area contributed by atoms with Gasteiger partial charge in [0.2, 0.25) is 0 Å². The average Bonchev–Trinajstić information content (AvgIpc) is 2.72. The van der Waals surface area contributed by atoms with Crippen molar-refractivity contribution in [3.05, 3.63) is 71.0 Å². The van der Waals surface area contributed by atoms with Gasteiger partial charge in [-0.05, 0) is 41.8 Å². The van der Waals surface area contributed by atoms with E-state index in [4.69, 9.17) is 4.74 Å². The smallest absolute Gasteiger partial charge is 0.379 e. The second-order valence-electron chi connectivity index (χ2n) is 8.38. The number of ether oxygens (including phenoxy) is 1. The fourth-order valence-corrected chi connectivity index (χ4v) is 5.24. The Labute approximate surface area is 186 Å². The van der Waals surface area contributed by atoms with Gasteiger partial charge in [0.05, 0.1) is 17.8 Å². The van der Waals surface area contributed by atoms with Crippen LogP contribution in [0, 0.1) is 5.82 Å². The highest BCUT2D eigenvalue weighted by Crippen LogP contribution is 2.36. The molecular weight excluding hydrogens is 446 g/mol. The molecule has 0 aliphatic carbocycles. The number of rotatable bonds is 7. The van der Waals surface area contributed by atoms with Crippen LogP contribution in [0.3, 0.4) is 0 Å². The molecule has 176 valence electrons. The molecule has 1 fully saturated rings. The van der Waals surface area contributed by atoms with Crippen LogP contribution < -0.4 is 0 Å². The lowest BCUT2D eigenvalue weighted by Crippen LogP contribution is -2.43. The van der Waals surface area contributed by atoms with Crippen LogP contribution >= 0.6 is 0 Å². The number of nitrogens with zero attached hydrogens (tertiary/aromatic N) is 1. The third-order valence-corrected chi connectivity index (χ3v) is 6.84. The van der Waals surface area contributed by atoms with Gasteiger partial charge in [0.25, 0.3) is 0 Å². The van der Waals surface area contributed by atoms with E-state index < -0.39 is 27.7 Å². The molecule has 1 heterocycles. The Morgan fingerprint density at radius 3 is 2.25 bits per heavy atom. The van der Waals surface area contributed by atoms with Gasteiger partial charge in [-0.1, -0.05) is 36.4 Å². The van der Waals surface area contributed by atoms with Crippen molar-refractivity contribution in [2.45, 2.75) is 37.1 Å². The number of alkyl halides is 3. The third kappa shape index (κ3) is 6.52. The van der Waals surface area contributed by atoms with Crippen molar-refractivity contribution in [3.8, 4) is 0 Å². The molecule has 0 N–H and O–H groups in total. The number of sulfone groups is 1. The van der Waals surface area contributed by atoms with Gasteiger partial charge in [0, 0.05) is 32.4 Å². The third-order valence-electron chi connectivity index (χ3n) is 5.90. The lowest BCUT2D eigenvalue weighted by atomic mass is 9.86. The number of hydrogen-bond donors (Lipinski definition) is 0. The summed E-state index contributed by atoms with van der Waals surface area (Å²) in [6, 6.07) is 12.4. The van der Waals surface area contributed by atoms with Crippen molar-refractivity contribution in [1.82, 2.24) is 4.90 Å². The Kier molecular flexibility index (Phi) is 7.62. The Bertz CT molecular complexity index is 991. The molecule has 1 aliphatic heterocycles. The van der Waals surface area contributed by atoms with Crippen molar-refractivity contribution >= 4 is 9.84 Å². The molecule has 2 aromatic carbocycles. The van der Waals surface area contributed by atoms with Crippen molar-refractivity contribution in [3.63, 3.8) is 0 Å². The van der Waals surface area contributed by atoms with Crippen LogP contribution in [0.1, 0.15) is 34.9 Å². The van der Waals surface area contributed by atoms with Gasteiger partial charge in [0.1, 0.15) is 15.7 Å². The highest BCUT2D eigenvalue weighted by Gasteiger charge is 2.42. The summed E-state index contributed by atoms with van der Waals surface area (Å²) in [5.74, 6) is -3.16. The summed E-state index contributed by atoms with van der Waals surface area (Å²) in [7, 11) is -2.15. The molecule has 0 amide bonds. The van der Waals surface area contributed by atoms with E-state index in [-0.39, 0.29) is 23.4 Å². The Balaban J connectivity index is 1.67. The van der Waals surface area contributed by atoms with Gasteiger partial charge in [-0.25, -0.2) is 12.8 Å². The van der Waals surface area contributed by atoms with E-state index in [1.807, 2.05) is 0 Å². The Morgan fingerprint density at radius 1 is 1.09 bits per heavy atom. The van der Waals surface area contributed by atoms with E-state index in [1.165, 1.54) is 24.3 Å². The molecule has 3 rings (SSSR count). The van der Waals surface area contributed by atoms with Crippen LogP contribution in [0.2, 0.25) is 0 Å². The fourth-order valence-electron chi connectivity index (χ4n) is 4.25. The minimum Gasteiger partial charge on any atom is -0.379 e. The first-order chi connectivity index (χ1) is 15.0. The van der Waals surface area contributed by atoms with Crippen molar-refractivity contribution in [2.24, 2.45) is 0 Å². The zero-order valence-corrected chi connectivity index (χ0v) is 18.8. The largest absolute Gasteiger partial charge is 0.396 e. The SMILES string of the molecule is CO[C@H]1CN(Cc2ccc([C@H](CS(C)(=O)=O)C(F)(F)F)cc2)CC[C@@H]1c1ccc(F)cc1. The summed E-state index contributed by atoms with van der Waals surface area (Å²) in [6.07, 6.45) is -3.11. The van der Waals surface area contributed by atoms with E-state index in [0.29, 0.717) is 13.1 Å². The zero-order chi connectivity index (χ0) is 23.5. The lowest BCUT2D eigenvalue weighted by Gasteiger charge is -2.38. The second kappa shape index (κ2) is 9.89. The van der Waals surface area contributed by atoms with E-state index in [1.54, 1.807) is 31.4 Å². The number of benzene rings is 2. The van der Waals surface area contributed by atoms with E-state index in [2.05, 4.69) is 4.90 Å². The van der Waals surface area contributed by atoms with Gasteiger partial charge < -0.3 is 4.74 Å². The molecule has 4 nitrogen and oxygen atoms in total. The molecule has 2 aromatic rings. The molecule has 0 spiro atoms. The van der Waals surface area contributed by atoms with Crippen LogP contribution in [-0.2, 0) is 21.1 Å². The maximum Gasteiger partial charge on any atom is 0.396 e. The minimum atomic E-state index is -4.64. The summed E-state index contributed by atoms with van der Waals surface area (Å²) in [4.78, 5) is 2.17. The van der Waals surface area contributed by atoms with Gasteiger partial charge in [-0.3, -0.25) is 4.90 Å². The molecule has 9 heteroatoms. The first kappa shape index (κ1) is 24.7. The lowest BCUT2D eigenvalue weighted by molar-refractivity contribution is -0.145. The molecular formula is C23H27F4NO3S. The normalized spacial score (nSPS) is 21.4. The summed E-state index contributed by atoms with van der Waals surface area (Å²) in [6.45, 7) is 1.95. The molecule has 0 radical (unpaired) electrons. The molecule has 0 unspecified atom stereocenters. The summed E-state index contributed by atoms with van der Waals surface area (Å²) >= 11 is 0. The Morgan fingerprint density at radius 2 is 1.72 bits per heavy atom. The summed E-state index contributed by atoms with van der Waals surface area (Å²) in [5.41, 5.74) is 1.80. The molecule has 0 bridgehead atoms. The van der Waals surface area contributed by atoms with Crippen LogP contribution in [0.15, 0.2) is 48.5 Å². The average molecular weight is 474 g/mol. The van der Waals surface area contributed by atoms with Crippen molar-refractivity contribution in [1.29, 1.82) is 0 Å². The van der Waals surface area contributed by atoms with Gasteiger partial charge in [0.15, 0.2) is 0 Å². The quantitative estimate of drug-likeness (QED) is 0.555. The standard InChI is InChI=1S/C23H27F4NO3S/c1-31-22-14-28(12-11-20(22)17-7-9-19(24)10-8-17)13-16-3-5-18(6-4-16)21(23(25,26)27)15-32(2,29)30/h3-10,20-22H,11-15H2,1-2H3/t20-,21+,22+/m1/s1. The molecule has 0 saturated carbocycles. The Hall–Kier alpha value is -1.97.